The lowest BCUT2D eigenvalue weighted by atomic mass is 10.1. The summed E-state index contributed by atoms with van der Waals surface area (Å²) in [6, 6.07) is 0. The van der Waals surface area contributed by atoms with Gasteiger partial charge in [0.1, 0.15) is 0 Å². The van der Waals surface area contributed by atoms with Crippen LogP contribution in [0, 0.1) is 5.92 Å². The van der Waals surface area contributed by atoms with Gasteiger partial charge >= 0.3 is 0 Å². The molecule has 0 aromatic heterocycles. The van der Waals surface area contributed by atoms with E-state index in [0.29, 0.717) is 0 Å². The molecule has 0 radical (unpaired) electrons. The molecule has 0 saturated heterocycles. The molecule has 0 unspecified atom stereocenters. The molecule has 46 valence electrons. The SMILES string of the molecule is CC(C)=C(C)C1CC1. The maximum atomic E-state index is 2.26. The molecule has 1 aliphatic rings. The molecule has 0 nitrogen and oxygen atoms in total. The Kier molecular flexibility index (Phi) is 1.41. The minimum atomic E-state index is 0.972. The monoisotopic (exact) mass is 110 g/mol. The van der Waals surface area contributed by atoms with Gasteiger partial charge in [-0.3, -0.25) is 0 Å². The second-order valence-corrected chi connectivity index (χ2v) is 2.96. The van der Waals surface area contributed by atoms with Crippen molar-refractivity contribution in [2.75, 3.05) is 0 Å². The third kappa shape index (κ3) is 1.12. The van der Waals surface area contributed by atoms with E-state index in [1.165, 1.54) is 18.4 Å². The van der Waals surface area contributed by atoms with Gasteiger partial charge in [-0.15, -0.1) is 0 Å². The summed E-state index contributed by atoms with van der Waals surface area (Å²) in [5.74, 6) is 0.972. The smallest absolute Gasteiger partial charge is 0.0203 e. The fourth-order valence-electron chi connectivity index (χ4n) is 0.925. The fraction of sp³-hybridized carbons (Fsp3) is 0.750. The molecule has 8 heavy (non-hydrogen) atoms. The molecule has 1 rings (SSSR count). The van der Waals surface area contributed by atoms with E-state index in [1.54, 1.807) is 5.57 Å². The summed E-state index contributed by atoms with van der Waals surface area (Å²) in [5, 5.41) is 0. The van der Waals surface area contributed by atoms with Crippen molar-refractivity contribution in [3.05, 3.63) is 11.1 Å². The molecule has 0 heteroatoms. The zero-order chi connectivity index (χ0) is 6.15. The van der Waals surface area contributed by atoms with Crippen molar-refractivity contribution in [1.29, 1.82) is 0 Å². The lowest BCUT2D eigenvalue weighted by molar-refractivity contribution is 0.971. The highest BCUT2D eigenvalue weighted by atomic mass is 14.3. The number of allylic oxidation sites excluding steroid dienone is 2. The highest BCUT2D eigenvalue weighted by Gasteiger charge is 2.23. The minimum absolute atomic E-state index is 0.972. The van der Waals surface area contributed by atoms with Gasteiger partial charge in [0.2, 0.25) is 0 Å². The third-order valence-corrected chi connectivity index (χ3v) is 1.98. The van der Waals surface area contributed by atoms with Crippen LogP contribution in [0.2, 0.25) is 0 Å². The topological polar surface area (TPSA) is 0 Å². The first-order valence-corrected chi connectivity index (χ1v) is 3.36. The second kappa shape index (κ2) is 1.93. The largest absolute Gasteiger partial charge is 0.0772 e. The summed E-state index contributed by atoms with van der Waals surface area (Å²) in [7, 11) is 0. The van der Waals surface area contributed by atoms with Gasteiger partial charge in [-0.05, 0) is 39.5 Å². The van der Waals surface area contributed by atoms with Gasteiger partial charge in [0, 0.05) is 0 Å². The Morgan fingerprint density at radius 1 is 1.12 bits per heavy atom. The molecule has 1 saturated carbocycles. The van der Waals surface area contributed by atoms with Crippen LogP contribution in [0.3, 0.4) is 0 Å². The summed E-state index contributed by atoms with van der Waals surface area (Å²) < 4.78 is 0. The van der Waals surface area contributed by atoms with E-state index in [2.05, 4.69) is 20.8 Å². The predicted octanol–water partition coefficient (Wildman–Crippen LogP) is 2.75. The summed E-state index contributed by atoms with van der Waals surface area (Å²) in [5.41, 5.74) is 3.15. The van der Waals surface area contributed by atoms with Crippen LogP contribution >= 0.6 is 0 Å². The van der Waals surface area contributed by atoms with Gasteiger partial charge in [-0.1, -0.05) is 11.1 Å². The van der Waals surface area contributed by atoms with Crippen molar-refractivity contribution < 1.29 is 0 Å². The first-order valence-electron chi connectivity index (χ1n) is 3.36. The van der Waals surface area contributed by atoms with Gasteiger partial charge in [0.25, 0.3) is 0 Å². The zero-order valence-electron chi connectivity index (χ0n) is 5.99. The van der Waals surface area contributed by atoms with E-state index < -0.39 is 0 Å². The summed E-state index contributed by atoms with van der Waals surface area (Å²) in [6.07, 6.45) is 2.88. The van der Waals surface area contributed by atoms with Crippen LogP contribution in [0.1, 0.15) is 33.6 Å². The highest BCUT2D eigenvalue weighted by molar-refractivity contribution is 5.14. The van der Waals surface area contributed by atoms with Crippen LogP contribution in [0.15, 0.2) is 11.1 Å². The Balaban J connectivity index is 2.54. The molecule has 1 fully saturated rings. The number of hydrogen-bond acceptors (Lipinski definition) is 0. The van der Waals surface area contributed by atoms with E-state index in [-0.39, 0.29) is 0 Å². The van der Waals surface area contributed by atoms with Crippen molar-refractivity contribution in [2.45, 2.75) is 33.6 Å². The second-order valence-electron chi connectivity index (χ2n) is 2.96. The van der Waals surface area contributed by atoms with Gasteiger partial charge in [-0.25, -0.2) is 0 Å². The molecule has 1 aliphatic carbocycles. The van der Waals surface area contributed by atoms with Crippen LogP contribution < -0.4 is 0 Å². The van der Waals surface area contributed by atoms with Gasteiger partial charge < -0.3 is 0 Å². The van der Waals surface area contributed by atoms with E-state index in [4.69, 9.17) is 0 Å². The minimum Gasteiger partial charge on any atom is -0.0772 e. The molecule has 0 bridgehead atoms. The van der Waals surface area contributed by atoms with Crippen molar-refractivity contribution in [3.8, 4) is 0 Å². The molecule has 0 spiro atoms. The van der Waals surface area contributed by atoms with Crippen LogP contribution in [-0.4, -0.2) is 0 Å². The first-order chi connectivity index (χ1) is 3.72. The third-order valence-electron chi connectivity index (χ3n) is 1.98. The van der Waals surface area contributed by atoms with Crippen LogP contribution in [0.4, 0.5) is 0 Å². The van der Waals surface area contributed by atoms with Crippen LogP contribution in [0.25, 0.3) is 0 Å². The molecular weight excluding hydrogens is 96.1 g/mol. The van der Waals surface area contributed by atoms with E-state index in [0.717, 1.165) is 5.92 Å². The molecule has 0 aliphatic heterocycles. The van der Waals surface area contributed by atoms with E-state index >= 15 is 0 Å². The quantitative estimate of drug-likeness (QED) is 0.455. The average molecular weight is 110 g/mol. The van der Waals surface area contributed by atoms with Crippen molar-refractivity contribution >= 4 is 0 Å². The Morgan fingerprint density at radius 2 is 1.62 bits per heavy atom. The van der Waals surface area contributed by atoms with Crippen molar-refractivity contribution in [1.82, 2.24) is 0 Å². The molecule has 0 atom stereocenters. The Labute approximate surface area is 51.6 Å². The van der Waals surface area contributed by atoms with Gasteiger partial charge in [0.05, 0.1) is 0 Å². The summed E-state index contributed by atoms with van der Waals surface area (Å²) >= 11 is 0. The maximum Gasteiger partial charge on any atom is -0.0203 e. The van der Waals surface area contributed by atoms with Gasteiger partial charge in [-0.2, -0.15) is 0 Å². The normalized spacial score (nSPS) is 18.4. The lowest BCUT2D eigenvalue weighted by Gasteiger charge is -1.97. The first kappa shape index (κ1) is 5.87. The van der Waals surface area contributed by atoms with E-state index in [9.17, 15) is 0 Å². The van der Waals surface area contributed by atoms with Crippen molar-refractivity contribution in [3.63, 3.8) is 0 Å². The summed E-state index contributed by atoms with van der Waals surface area (Å²) in [4.78, 5) is 0. The van der Waals surface area contributed by atoms with Gasteiger partial charge in [0.15, 0.2) is 0 Å². The Bertz CT molecular complexity index is 112. The standard InChI is InChI=1S/C8H14/c1-6(2)7(3)8-4-5-8/h8H,4-5H2,1-3H3. The zero-order valence-corrected chi connectivity index (χ0v) is 5.99. The van der Waals surface area contributed by atoms with E-state index in [1.807, 2.05) is 0 Å². The van der Waals surface area contributed by atoms with Crippen molar-refractivity contribution in [2.24, 2.45) is 5.92 Å². The molecule has 0 N–H and O–H groups in total. The average Bonchev–Trinajstić information content (AvgIpc) is 2.43. The molecule has 0 aromatic rings. The van der Waals surface area contributed by atoms with Crippen LogP contribution in [-0.2, 0) is 0 Å². The maximum absolute atomic E-state index is 2.26. The lowest BCUT2D eigenvalue weighted by Crippen LogP contribution is -1.80. The number of rotatable bonds is 1. The fourth-order valence-corrected chi connectivity index (χ4v) is 0.925. The summed E-state index contributed by atoms with van der Waals surface area (Å²) in [6.45, 7) is 6.66. The number of hydrogen-bond donors (Lipinski definition) is 0. The Morgan fingerprint density at radius 3 is 1.75 bits per heavy atom. The molecule has 0 heterocycles. The predicted molar refractivity (Wildman–Crippen MR) is 36.8 cm³/mol. The highest BCUT2D eigenvalue weighted by Crippen LogP contribution is 2.37. The van der Waals surface area contributed by atoms with Crippen LogP contribution in [0.5, 0.6) is 0 Å². The molecule has 0 amide bonds. The molecular formula is C8H14. The molecule has 0 aromatic carbocycles. The Hall–Kier alpha value is -0.260.